The van der Waals surface area contributed by atoms with Gasteiger partial charge in [-0.1, -0.05) is 25.1 Å². The zero-order valence-corrected chi connectivity index (χ0v) is 13.3. The minimum absolute atomic E-state index is 0.659. The molecule has 0 unspecified atom stereocenters. The third kappa shape index (κ3) is 2.66. The summed E-state index contributed by atoms with van der Waals surface area (Å²) >= 11 is 4.92. The fourth-order valence-corrected chi connectivity index (χ4v) is 2.98. The summed E-state index contributed by atoms with van der Waals surface area (Å²) in [5.41, 5.74) is 1.73. The second-order valence-corrected chi connectivity index (χ2v) is 5.97. The number of nitrogens with one attached hydrogen (secondary N) is 1. The van der Waals surface area contributed by atoms with Gasteiger partial charge in [0.1, 0.15) is 5.69 Å². The Labute approximate surface area is 129 Å². The molecule has 0 spiro atoms. The first-order valence-corrected chi connectivity index (χ1v) is 7.98. The molecule has 2 heterocycles. The van der Waals surface area contributed by atoms with Crippen molar-refractivity contribution in [2.75, 3.05) is 11.9 Å². The van der Waals surface area contributed by atoms with Gasteiger partial charge in [0.25, 0.3) is 0 Å². The Hall–Kier alpha value is -1.53. The van der Waals surface area contributed by atoms with E-state index in [4.69, 9.17) is 0 Å². The highest BCUT2D eigenvalue weighted by Gasteiger charge is 2.12. The molecule has 1 aromatic carbocycles. The molecular formula is C14H13BrN4S. The van der Waals surface area contributed by atoms with Gasteiger partial charge in [0.15, 0.2) is 5.82 Å². The average Bonchev–Trinajstić information content (AvgIpc) is 2.93. The molecule has 0 atom stereocenters. The highest BCUT2D eigenvalue weighted by Crippen LogP contribution is 2.29. The van der Waals surface area contributed by atoms with Crippen LogP contribution in [-0.4, -0.2) is 20.9 Å². The molecule has 1 N–H and O–H groups in total. The molecule has 102 valence electrons. The molecule has 0 saturated carbocycles. The van der Waals surface area contributed by atoms with Crippen molar-refractivity contribution in [3.63, 3.8) is 0 Å². The number of para-hydroxylation sites is 1. The van der Waals surface area contributed by atoms with Gasteiger partial charge in [0, 0.05) is 27.9 Å². The van der Waals surface area contributed by atoms with Gasteiger partial charge >= 0.3 is 0 Å². The van der Waals surface area contributed by atoms with Crippen LogP contribution in [-0.2, 0) is 0 Å². The van der Waals surface area contributed by atoms with E-state index in [0.717, 1.165) is 39.2 Å². The van der Waals surface area contributed by atoms with Gasteiger partial charge in [-0.25, -0.2) is 4.98 Å². The number of hydrogen-bond acceptors (Lipinski definition) is 5. The van der Waals surface area contributed by atoms with Crippen LogP contribution in [0.2, 0.25) is 0 Å². The standard InChI is InChI=1S/C14H13BrN4S/c1-2-7-16-14-18-13(19-20-14)12-10(15)8-9-5-3-4-6-11(9)17-12/h3-6,8H,2,7H2,1H3,(H,16,18,19). The lowest BCUT2D eigenvalue weighted by molar-refractivity contribution is 0.976. The minimum atomic E-state index is 0.659. The lowest BCUT2D eigenvalue weighted by Gasteiger charge is -2.02. The quantitative estimate of drug-likeness (QED) is 0.761. The monoisotopic (exact) mass is 348 g/mol. The fourth-order valence-electron chi connectivity index (χ4n) is 1.87. The summed E-state index contributed by atoms with van der Waals surface area (Å²) in [6, 6.07) is 10.1. The smallest absolute Gasteiger partial charge is 0.202 e. The molecule has 3 rings (SSSR count). The summed E-state index contributed by atoms with van der Waals surface area (Å²) in [6.45, 7) is 3.03. The van der Waals surface area contributed by atoms with E-state index in [1.165, 1.54) is 11.5 Å². The van der Waals surface area contributed by atoms with Gasteiger partial charge < -0.3 is 5.32 Å². The van der Waals surface area contributed by atoms with Crippen molar-refractivity contribution in [1.29, 1.82) is 0 Å². The number of nitrogens with zero attached hydrogens (tertiary/aromatic N) is 3. The van der Waals surface area contributed by atoms with Crippen LogP contribution in [0.5, 0.6) is 0 Å². The van der Waals surface area contributed by atoms with Gasteiger partial charge in [-0.15, -0.1) is 0 Å². The topological polar surface area (TPSA) is 50.7 Å². The SMILES string of the molecule is CCCNc1nc(-c2nc3ccccc3cc2Br)ns1. The van der Waals surface area contributed by atoms with E-state index in [1.807, 2.05) is 24.3 Å². The molecule has 20 heavy (non-hydrogen) atoms. The van der Waals surface area contributed by atoms with Crippen molar-refractivity contribution in [2.24, 2.45) is 0 Å². The van der Waals surface area contributed by atoms with Crippen LogP contribution in [0.3, 0.4) is 0 Å². The van der Waals surface area contributed by atoms with Crippen molar-refractivity contribution in [3.8, 4) is 11.5 Å². The number of benzene rings is 1. The molecule has 0 fully saturated rings. The summed E-state index contributed by atoms with van der Waals surface area (Å²) in [5, 5.41) is 5.18. The third-order valence-electron chi connectivity index (χ3n) is 2.84. The predicted octanol–water partition coefficient (Wildman–Crippen LogP) is 4.34. The molecule has 4 nitrogen and oxygen atoms in total. The maximum Gasteiger partial charge on any atom is 0.202 e. The number of anilines is 1. The van der Waals surface area contributed by atoms with Gasteiger partial charge in [-0.3, -0.25) is 0 Å². The Morgan fingerprint density at radius 1 is 1.25 bits per heavy atom. The van der Waals surface area contributed by atoms with Crippen molar-refractivity contribution in [1.82, 2.24) is 14.3 Å². The first-order valence-electron chi connectivity index (χ1n) is 6.41. The molecule has 0 aliphatic heterocycles. The normalized spacial score (nSPS) is 10.9. The minimum Gasteiger partial charge on any atom is -0.360 e. The molecular weight excluding hydrogens is 336 g/mol. The second-order valence-electron chi connectivity index (χ2n) is 4.36. The van der Waals surface area contributed by atoms with Crippen LogP contribution in [0.15, 0.2) is 34.8 Å². The molecule has 0 radical (unpaired) electrons. The predicted molar refractivity (Wildman–Crippen MR) is 87.1 cm³/mol. The Kier molecular flexibility index (Phi) is 3.93. The number of hydrogen-bond donors (Lipinski definition) is 1. The van der Waals surface area contributed by atoms with Gasteiger partial charge in [-0.2, -0.15) is 9.36 Å². The van der Waals surface area contributed by atoms with Crippen molar-refractivity contribution in [3.05, 3.63) is 34.8 Å². The van der Waals surface area contributed by atoms with E-state index in [9.17, 15) is 0 Å². The Morgan fingerprint density at radius 3 is 2.95 bits per heavy atom. The summed E-state index contributed by atoms with van der Waals surface area (Å²) in [5.74, 6) is 0.659. The van der Waals surface area contributed by atoms with E-state index >= 15 is 0 Å². The number of halogens is 1. The summed E-state index contributed by atoms with van der Waals surface area (Å²) < 4.78 is 5.30. The van der Waals surface area contributed by atoms with Crippen LogP contribution in [0.1, 0.15) is 13.3 Å². The summed E-state index contributed by atoms with van der Waals surface area (Å²) in [7, 11) is 0. The van der Waals surface area contributed by atoms with E-state index in [1.54, 1.807) is 0 Å². The fraction of sp³-hybridized carbons (Fsp3) is 0.214. The lowest BCUT2D eigenvalue weighted by atomic mass is 10.2. The Bertz CT molecular complexity index is 741. The second kappa shape index (κ2) is 5.85. The molecule has 0 aliphatic carbocycles. The van der Waals surface area contributed by atoms with Crippen LogP contribution in [0, 0.1) is 0 Å². The van der Waals surface area contributed by atoms with Gasteiger partial charge in [0.2, 0.25) is 5.13 Å². The van der Waals surface area contributed by atoms with Crippen molar-refractivity contribution >= 4 is 43.5 Å². The lowest BCUT2D eigenvalue weighted by Crippen LogP contribution is -1.98. The Balaban J connectivity index is 2.00. The number of pyridine rings is 1. The largest absolute Gasteiger partial charge is 0.360 e. The number of aromatic nitrogens is 3. The molecule has 3 aromatic rings. The first-order chi connectivity index (χ1) is 9.78. The molecule has 6 heteroatoms. The highest BCUT2D eigenvalue weighted by molar-refractivity contribution is 9.10. The Morgan fingerprint density at radius 2 is 2.10 bits per heavy atom. The van der Waals surface area contributed by atoms with Crippen LogP contribution in [0.4, 0.5) is 5.13 Å². The maximum absolute atomic E-state index is 4.65. The van der Waals surface area contributed by atoms with Crippen molar-refractivity contribution in [2.45, 2.75) is 13.3 Å². The van der Waals surface area contributed by atoms with Crippen LogP contribution >= 0.6 is 27.5 Å². The molecule has 0 saturated heterocycles. The first kappa shape index (κ1) is 13.5. The summed E-state index contributed by atoms with van der Waals surface area (Å²) in [6.07, 6.45) is 1.06. The molecule has 0 amide bonds. The van der Waals surface area contributed by atoms with Crippen molar-refractivity contribution < 1.29 is 0 Å². The molecule has 0 aliphatic rings. The van der Waals surface area contributed by atoms with E-state index in [0.29, 0.717) is 5.82 Å². The zero-order valence-electron chi connectivity index (χ0n) is 10.9. The average molecular weight is 349 g/mol. The molecule has 2 aromatic heterocycles. The molecule has 0 bridgehead atoms. The number of rotatable bonds is 4. The van der Waals surface area contributed by atoms with E-state index < -0.39 is 0 Å². The zero-order chi connectivity index (χ0) is 13.9. The van der Waals surface area contributed by atoms with Crippen LogP contribution < -0.4 is 5.32 Å². The van der Waals surface area contributed by atoms with E-state index in [-0.39, 0.29) is 0 Å². The van der Waals surface area contributed by atoms with E-state index in [2.05, 4.69) is 48.6 Å². The van der Waals surface area contributed by atoms with Crippen LogP contribution in [0.25, 0.3) is 22.4 Å². The maximum atomic E-state index is 4.65. The number of fused-ring (bicyclic) bond motifs is 1. The van der Waals surface area contributed by atoms with Gasteiger partial charge in [-0.05, 0) is 34.5 Å². The third-order valence-corrected chi connectivity index (χ3v) is 4.12. The van der Waals surface area contributed by atoms with Gasteiger partial charge in [0.05, 0.1) is 5.52 Å². The highest BCUT2D eigenvalue weighted by atomic mass is 79.9. The summed E-state index contributed by atoms with van der Waals surface area (Å²) in [4.78, 5) is 9.14.